The van der Waals surface area contributed by atoms with Crippen molar-refractivity contribution in [3.8, 4) is 0 Å². The van der Waals surface area contributed by atoms with Gasteiger partial charge in [-0.15, -0.1) is 0 Å². The molecule has 1 aromatic carbocycles. The van der Waals surface area contributed by atoms with Crippen LogP contribution in [0.15, 0.2) is 28.8 Å². The Labute approximate surface area is 113 Å². The number of nitrogen functional groups attached to an aromatic ring is 1. The van der Waals surface area contributed by atoms with Gasteiger partial charge in [0.25, 0.3) is 0 Å². The van der Waals surface area contributed by atoms with E-state index < -0.39 is 0 Å². The molecule has 0 spiro atoms. The third kappa shape index (κ3) is 2.11. The van der Waals surface area contributed by atoms with E-state index in [9.17, 15) is 0 Å². The molecule has 0 atom stereocenters. The van der Waals surface area contributed by atoms with Crippen LogP contribution in [-0.4, -0.2) is 10.1 Å². The molecule has 1 heterocycles. The van der Waals surface area contributed by atoms with Gasteiger partial charge in [-0.05, 0) is 44.4 Å². The fourth-order valence-electron chi connectivity index (χ4n) is 2.34. The Morgan fingerprint density at radius 1 is 1.21 bits per heavy atom. The first-order valence-electron chi connectivity index (χ1n) is 6.77. The highest BCUT2D eigenvalue weighted by molar-refractivity contribution is 5.42. The molecule has 100 valence electrons. The summed E-state index contributed by atoms with van der Waals surface area (Å²) < 4.78 is 5.48. The van der Waals surface area contributed by atoms with Gasteiger partial charge in [0.15, 0.2) is 5.82 Å². The summed E-state index contributed by atoms with van der Waals surface area (Å²) in [5.74, 6) is 2.05. The van der Waals surface area contributed by atoms with Gasteiger partial charge in [-0.1, -0.05) is 23.7 Å². The average molecular weight is 257 g/mol. The van der Waals surface area contributed by atoms with E-state index in [1.807, 2.05) is 24.3 Å². The molecule has 0 saturated heterocycles. The van der Waals surface area contributed by atoms with Gasteiger partial charge < -0.3 is 10.3 Å². The molecule has 2 aromatic rings. The van der Waals surface area contributed by atoms with E-state index in [1.165, 1.54) is 19.3 Å². The van der Waals surface area contributed by atoms with E-state index in [2.05, 4.69) is 24.0 Å². The maximum atomic E-state index is 5.73. The zero-order valence-electron chi connectivity index (χ0n) is 11.4. The van der Waals surface area contributed by atoms with Gasteiger partial charge in [-0.3, -0.25) is 0 Å². The zero-order valence-corrected chi connectivity index (χ0v) is 11.4. The largest absolute Gasteiger partial charge is 0.399 e. The van der Waals surface area contributed by atoms with Crippen molar-refractivity contribution in [3.05, 3.63) is 41.5 Å². The van der Waals surface area contributed by atoms with Crippen molar-refractivity contribution in [1.82, 2.24) is 10.1 Å². The highest BCUT2D eigenvalue weighted by Crippen LogP contribution is 2.37. The highest BCUT2D eigenvalue weighted by Gasteiger charge is 2.32. The van der Waals surface area contributed by atoms with Crippen molar-refractivity contribution < 1.29 is 4.52 Å². The van der Waals surface area contributed by atoms with E-state index in [0.29, 0.717) is 11.8 Å². The van der Waals surface area contributed by atoms with Crippen LogP contribution in [-0.2, 0) is 5.41 Å². The Kier molecular flexibility index (Phi) is 2.81. The molecular weight excluding hydrogens is 238 g/mol. The van der Waals surface area contributed by atoms with E-state index in [4.69, 9.17) is 10.3 Å². The first-order valence-corrected chi connectivity index (χ1v) is 6.77. The smallest absolute Gasteiger partial charge is 0.236 e. The van der Waals surface area contributed by atoms with Crippen LogP contribution in [0, 0.1) is 0 Å². The third-order valence-electron chi connectivity index (χ3n) is 4.08. The SMILES string of the molecule is CC(C)(c1ccc(N)cc1)c1nc(C2CCC2)no1. The number of aromatic nitrogens is 2. The Balaban J connectivity index is 1.90. The maximum absolute atomic E-state index is 5.73. The number of nitrogens with zero attached hydrogens (tertiary/aromatic N) is 2. The lowest BCUT2D eigenvalue weighted by Gasteiger charge is -2.22. The Morgan fingerprint density at radius 3 is 2.47 bits per heavy atom. The lowest BCUT2D eigenvalue weighted by atomic mass is 9.83. The first-order chi connectivity index (χ1) is 9.07. The van der Waals surface area contributed by atoms with E-state index in [1.54, 1.807) is 0 Å². The molecule has 0 amide bonds. The summed E-state index contributed by atoms with van der Waals surface area (Å²) in [5, 5.41) is 4.14. The maximum Gasteiger partial charge on any atom is 0.236 e. The number of rotatable bonds is 3. The highest BCUT2D eigenvalue weighted by atomic mass is 16.5. The number of hydrogen-bond acceptors (Lipinski definition) is 4. The van der Waals surface area contributed by atoms with Crippen molar-refractivity contribution in [2.24, 2.45) is 0 Å². The Bertz CT molecular complexity index is 567. The predicted molar refractivity (Wildman–Crippen MR) is 73.9 cm³/mol. The van der Waals surface area contributed by atoms with Crippen molar-refractivity contribution in [2.45, 2.75) is 44.4 Å². The van der Waals surface area contributed by atoms with E-state index in [-0.39, 0.29) is 5.41 Å². The van der Waals surface area contributed by atoms with Crippen LogP contribution in [0.1, 0.15) is 56.3 Å². The van der Waals surface area contributed by atoms with Gasteiger partial charge in [0.1, 0.15) is 0 Å². The zero-order chi connectivity index (χ0) is 13.5. The second kappa shape index (κ2) is 4.37. The molecule has 1 aliphatic rings. The van der Waals surface area contributed by atoms with E-state index >= 15 is 0 Å². The van der Waals surface area contributed by atoms with Crippen LogP contribution in [0.25, 0.3) is 0 Å². The Morgan fingerprint density at radius 2 is 1.89 bits per heavy atom. The second-order valence-electron chi connectivity index (χ2n) is 5.83. The molecule has 0 bridgehead atoms. The fourth-order valence-corrected chi connectivity index (χ4v) is 2.34. The molecule has 1 fully saturated rings. The summed E-state index contributed by atoms with van der Waals surface area (Å²) in [7, 11) is 0. The molecule has 2 N–H and O–H groups in total. The van der Waals surface area contributed by atoms with Crippen molar-refractivity contribution >= 4 is 5.69 Å². The molecule has 1 aliphatic carbocycles. The van der Waals surface area contributed by atoms with Gasteiger partial charge in [0.05, 0.1) is 5.41 Å². The van der Waals surface area contributed by atoms with Crippen LogP contribution >= 0.6 is 0 Å². The monoisotopic (exact) mass is 257 g/mol. The van der Waals surface area contributed by atoms with Crippen molar-refractivity contribution in [2.75, 3.05) is 5.73 Å². The molecule has 0 unspecified atom stereocenters. The second-order valence-corrected chi connectivity index (χ2v) is 5.83. The minimum absolute atomic E-state index is 0.289. The standard InChI is InChI=1S/C15H19N3O/c1-15(2,11-6-8-12(16)9-7-11)14-17-13(18-19-14)10-4-3-5-10/h6-10H,3-5,16H2,1-2H3. The average Bonchev–Trinajstić information content (AvgIpc) is 2.77. The lowest BCUT2D eigenvalue weighted by Crippen LogP contribution is -2.20. The first kappa shape index (κ1) is 12.2. The molecule has 3 rings (SSSR count). The van der Waals surface area contributed by atoms with Crippen molar-refractivity contribution in [1.29, 1.82) is 0 Å². The number of anilines is 1. The molecule has 1 saturated carbocycles. The normalized spacial score (nSPS) is 16.3. The summed E-state index contributed by atoms with van der Waals surface area (Å²) >= 11 is 0. The van der Waals surface area contributed by atoms with Crippen LogP contribution < -0.4 is 5.73 Å². The van der Waals surface area contributed by atoms with Gasteiger partial charge in [-0.25, -0.2) is 0 Å². The van der Waals surface area contributed by atoms with Gasteiger partial charge in [-0.2, -0.15) is 4.98 Å². The van der Waals surface area contributed by atoms with Crippen molar-refractivity contribution in [3.63, 3.8) is 0 Å². The summed E-state index contributed by atoms with van der Waals surface area (Å²) in [6, 6.07) is 7.84. The summed E-state index contributed by atoms with van der Waals surface area (Å²) in [6.07, 6.45) is 3.64. The van der Waals surface area contributed by atoms with E-state index in [0.717, 1.165) is 17.1 Å². The molecule has 19 heavy (non-hydrogen) atoms. The van der Waals surface area contributed by atoms with Gasteiger partial charge in [0, 0.05) is 11.6 Å². The van der Waals surface area contributed by atoms with Gasteiger partial charge >= 0.3 is 0 Å². The molecule has 0 radical (unpaired) electrons. The number of hydrogen-bond donors (Lipinski definition) is 1. The third-order valence-corrected chi connectivity index (χ3v) is 4.08. The molecule has 4 heteroatoms. The van der Waals surface area contributed by atoms with Crippen LogP contribution in [0.4, 0.5) is 5.69 Å². The molecule has 0 aliphatic heterocycles. The quantitative estimate of drug-likeness (QED) is 0.857. The summed E-state index contributed by atoms with van der Waals surface area (Å²) in [5.41, 5.74) is 7.33. The number of nitrogens with two attached hydrogens (primary N) is 1. The summed E-state index contributed by atoms with van der Waals surface area (Å²) in [4.78, 5) is 4.59. The molecule has 1 aromatic heterocycles. The topological polar surface area (TPSA) is 64.9 Å². The van der Waals surface area contributed by atoms with Crippen LogP contribution in [0.3, 0.4) is 0 Å². The van der Waals surface area contributed by atoms with Gasteiger partial charge in [0.2, 0.25) is 5.89 Å². The van der Waals surface area contributed by atoms with Crippen LogP contribution in [0.2, 0.25) is 0 Å². The number of benzene rings is 1. The summed E-state index contributed by atoms with van der Waals surface area (Å²) in [6.45, 7) is 4.19. The fraction of sp³-hybridized carbons (Fsp3) is 0.467. The Hall–Kier alpha value is -1.84. The minimum atomic E-state index is -0.289. The predicted octanol–water partition coefficient (Wildman–Crippen LogP) is 3.25. The van der Waals surface area contributed by atoms with Crippen LogP contribution in [0.5, 0.6) is 0 Å². The minimum Gasteiger partial charge on any atom is -0.399 e. The lowest BCUT2D eigenvalue weighted by molar-refractivity contribution is 0.319. The molecular formula is C15H19N3O. The molecule has 4 nitrogen and oxygen atoms in total.